The smallest absolute Gasteiger partial charge is 0.303 e. The molecule has 1 aliphatic rings. The van der Waals surface area contributed by atoms with Gasteiger partial charge >= 0.3 is 5.97 Å². The number of halogens is 1. The molecule has 4 rings (SSSR count). The summed E-state index contributed by atoms with van der Waals surface area (Å²) in [5.74, 6) is -1.41. The van der Waals surface area contributed by atoms with Crippen LogP contribution in [0.2, 0.25) is 0 Å². The lowest BCUT2D eigenvalue weighted by molar-refractivity contribution is -0.137. The minimum Gasteiger partial charge on any atom is -0.481 e. The molecule has 0 heterocycles. The molecule has 39 heavy (non-hydrogen) atoms. The van der Waals surface area contributed by atoms with E-state index in [1.165, 1.54) is 12.1 Å². The van der Waals surface area contributed by atoms with E-state index < -0.39 is 21.8 Å². The highest BCUT2D eigenvalue weighted by Gasteiger charge is 2.38. The number of ether oxygens (including phenoxy) is 1. The Balaban J connectivity index is 1.41. The zero-order valence-corrected chi connectivity index (χ0v) is 22.5. The largest absolute Gasteiger partial charge is 0.481 e. The summed E-state index contributed by atoms with van der Waals surface area (Å²) < 4.78 is 48.5. The molecule has 0 spiro atoms. The Morgan fingerprint density at radius 1 is 0.949 bits per heavy atom. The maximum Gasteiger partial charge on any atom is 0.303 e. The van der Waals surface area contributed by atoms with Gasteiger partial charge in [-0.25, -0.2) is 17.5 Å². The van der Waals surface area contributed by atoms with Crippen LogP contribution in [0.25, 0.3) is 11.1 Å². The summed E-state index contributed by atoms with van der Waals surface area (Å²) in [5.41, 5.74) is 3.31. The third kappa shape index (κ3) is 8.33. The van der Waals surface area contributed by atoms with Gasteiger partial charge in [0.15, 0.2) is 0 Å². The molecule has 6 nitrogen and oxygen atoms in total. The highest BCUT2D eigenvalue weighted by molar-refractivity contribution is 7.89. The standard InChI is InChI=1S/C31H34FNO5S/c32-26-16-18-27(19-17-26)39(36,37)33-29-20-21-30(28(29)10-6-1-2-7-11-31(34)35)38-22-23-12-14-25(15-13-23)24-8-4-3-5-9-24/h1,3-6,8-9,12-19,28-30,33H,2,7,10-11,20-22H2,(H,34,35)/b6-1-. The number of aliphatic carboxylic acids is 1. The van der Waals surface area contributed by atoms with Crippen LogP contribution in [0.15, 0.2) is 95.9 Å². The number of carboxylic acid groups (broad SMARTS) is 1. The van der Waals surface area contributed by atoms with E-state index in [1.807, 2.05) is 42.5 Å². The molecular weight excluding hydrogens is 517 g/mol. The number of allylic oxidation sites excluding steroid dienone is 2. The van der Waals surface area contributed by atoms with Crippen LogP contribution in [0.3, 0.4) is 0 Å². The second-order valence-electron chi connectivity index (χ2n) is 9.83. The number of benzene rings is 3. The monoisotopic (exact) mass is 551 g/mol. The van der Waals surface area contributed by atoms with Crippen molar-refractivity contribution in [2.45, 2.75) is 62.2 Å². The van der Waals surface area contributed by atoms with Crippen molar-refractivity contribution >= 4 is 16.0 Å². The third-order valence-corrected chi connectivity index (χ3v) is 8.55. The first-order valence-corrected chi connectivity index (χ1v) is 14.7. The van der Waals surface area contributed by atoms with Crippen LogP contribution in [0.1, 0.15) is 44.1 Å². The lowest BCUT2D eigenvalue weighted by Gasteiger charge is -2.25. The SMILES string of the molecule is O=C(O)CCC/C=C\CC1C(NS(=O)(=O)c2ccc(F)cc2)CCC1OCc1ccc(-c2ccccc2)cc1. The number of nitrogens with one attached hydrogen (secondary N) is 1. The Hall–Kier alpha value is -3.33. The number of carbonyl (C=O) groups is 1. The van der Waals surface area contributed by atoms with Crippen molar-refractivity contribution in [2.75, 3.05) is 0 Å². The minimum absolute atomic E-state index is 0.0229. The highest BCUT2D eigenvalue weighted by Crippen LogP contribution is 2.34. The first-order chi connectivity index (χ1) is 18.8. The number of carboxylic acids is 1. The summed E-state index contributed by atoms with van der Waals surface area (Å²) in [4.78, 5) is 10.8. The van der Waals surface area contributed by atoms with Crippen molar-refractivity contribution in [3.63, 3.8) is 0 Å². The van der Waals surface area contributed by atoms with E-state index >= 15 is 0 Å². The Bertz CT molecular complexity index is 1340. The van der Waals surface area contributed by atoms with Crippen LogP contribution < -0.4 is 4.72 Å². The molecule has 3 unspecified atom stereocenters. The second kappa shape index (κ2) is 13.6. The quantitative estimate of drug-likeness (QED) is 0.191. The van der Waals surface area contributed by atoms with E-state index in [2.05, 4.69) is 29.0 Å². The van der Waals surface area contributed by atoms with Gasteiger partial charge in [-0.3, -0.25) is 4.79 Å². The maximum absolute atomic E-state index is 13.3. The van der Waals surface area contributed by atoms with Gasteiger partial charge in [0, 0.05) is 18.4 Å². The molecule has 0 saturated heterocycles. The molecule has 3 atom stereocenters. The van der Waals surface area contributed by atoms with Gasteiger partial charge in [0.2, 0.25) is 10.0 Å². The van der Waals surface area contributed by atoms with E-state index in [1.54, 1.807) is 0 Å². The molecule has 1 fully saturated rings. The average molecular weight is 552 g/mol. The Labute approximate surface area is 229 Å². The number of unbranched alkanes of at least 4 members (excludes halogenated alkanes) is 1. The summed E-state index contributed by atoms with van der Waals surface area (Å²) >= 11 is 0. The van der Waals surface area contributed by atoms with Crippen molar-refractivity contribution in [3.05, 3.63) is 102 Å². The maximum atomic E-state index is 13.3. The molecule has 1 saturated carbocycles. The number of hydrogen-bond acceptors (Lipinski definition) is 4. The Morgan fingerprint density at radius 2 is 1.64 bits per heavy atom. The van der Waals surface area contributed by atoms with E-state index in [9.17, 15) is 17.6 Å². The third-order valence-electron chi connectivity index (χ3n) is 7.05. The molecule has 1 aliphatic carbocycles. The molecule has 0 aromatic heterocycles. The van der Waals surface area contributed by atoms with Crippen LogP contribution >= 0.6 is 0 Å². The molecule has 3 aromatic carbocycles. The molecular formula is C31H34FNO5S. The van der Waals surface area contributed by atoms with Crippen LogP contribution in [-0.4, -0.2) is 31.6 Å². The first kappa shape index (κ1) is 28.7. The van der Waals surface area contributed by atoms with Crippen molar-refractivity contribution in [3.8, 4) is 11.1 Å². The van der Waals surface area contributed by atoms with Crippen molar-refractivity contribution in [1.29, 1.82) is 0 Å². The Kier molecular flexibility index (Phi) is 10.0. The fourth-order valence-corrected chi connectivity index (χ4v) is 6.27. The van der Waals surface area contributed by atoms with Gasteiger partial charge in [-0.05, 0) is 73.1 Å². The van der Waals surface area contributed by atoms with Crippen LogP contribution in [0, 0.1) is 11.7 Å². The number of rotatable bonds is 13. The number of sulfonamides is 1. The normalized spacial score (nSPS) is 19.5. The zero-order chi connectivity index (χ0) is 27.7. The lowest BCUT2D eigenvalue weighted by Crippen LogP contribution is -2.39. The van der Waals surface area contributed by atoms with Crippen molar-refractivity contribution in [2.24, 2.45) is 5.92 Å². The van der Waals surface area contributed by atoms with Gasteiger partial charge in [-0.15, -0.1) is 0 Å². The highest BCUT2D eigenvalue weighted by atomic mass is 32.2. The molecule has 0 bridgehead atoms. The first-order valence-electron chi connectivity index (χ1n) is 13.2. The van der Waals surface area contributed by atoms with Crippen LogP contribution in [-0.2, 0) is 26.2 Å². The summed E-state index contributed by atoms with van der Waals surface area (Å²) in [6.45, 7) is 0.413. The second-order valence-corrected chi connectivity index (χ2v) is 11.5. The van der Waals surface area contributed by atoms with Crippen LogP contribution in [0.5, 0.6) is 0 Å². The van der Waals surface area contributed by atoms with Gasteiger partial charge in [0.1, 0.15) is 5.82 Å². The molecule has 0 aliphatic heterocycles. The summed E-state index contributed by atoms with van der Waals surface area (Å²) in [5, 5.41) is 8.83. The van der Waals surface area contributed by atoms with Crippen molar-refractivity contribution < 1.29 is 27.4 Å². The molecule has 0 radical (unpaired) electrons. The molecule has 3 aromatic rings. The van der Waals surface area contributed by atoms with Gasteiger partial charge < -0.3 is 9.84 Å². The van der Waals surface area contributed by atoms with E-state index in [0.717, 1.165) is 28.8 Å². The van der Waals surface area contributed by atoms with Gasteiger partial charge in [-0.1, -0.05) is 66.7 Å². The lowest BCUT2D eigenvalue weighted by atomic mass is 9.97. The average Bonchev–Trinajstić information content (AvgIpc) is 3.30. The van der Waals surface area contributed by atoms with Gasteiger partial charge in [-0.2, -0.15) is 0 Å². The zero-order valence-electron chi connectivity index (χ0n) is 21.7. The summed E-state index contributed by atoms with van der Waals surface area (Å²) in [6.07, 6.45) is 7.02. The summed E-state index contributed by atoms with van der Waals surface area (Å²) in [6, 6.07) is 22.8. The summed E-state index contributed by atoms with van der Waals surface area (Å²) in [7, 11) is -3.83. The van der Waals surface area contributed by atoms with Crippen LogP contribution in [0.4, 0.5) is 4.39 Å². The topological polar surface area (TPSA) is 92.7 Å². The van der Waals surface area contributed by atoms with Crippen molar-refractivity contribution in [1.82, 2.24) is 4.72 Å². The van der Waals surface area contributed by atoms with E-state index in [4.69, 9.17) is 9.84 Å². The van der Waals surface area contributed by atoms with Gasteiger partial charge in [0.25, 0.3) is 0 Å². The minimum atomic E-state index is -3.83. The van der Waals surface area contributed by atoms with Gasteiger partial charge in [0.05, 0.1) is 17.6 Å². The predicted molar refractivity (Wildman–Crippen MR) is 149 cm³/mol. The Morgan fingerprint density at radius 3 is 2.33 bits per heavy atom. The fourth-order valence-electron chi connectivity index (χ4n) is 4.95. The van der Waals surface area contributed by atoms with E-state index in [-0.39, 0.29) is 29.4 Å². The number of hydrogen-bond donors (Lipinski definition) is 2. The predicted octanol–water partition coefficient (Wildman–Crippen LogP) is 6.34. The van der Waals surface area contributed by atoms with E-state index in [0.29, 0.717) is 38.7 Å². The molecule has 0 amide bonds. The molecule has 8 heteroatoms. The molecule has 2 N–H and O–H groups in total. The fraction of sp³-hybridized carbons (Fsp3) is 0.323. The molecule has 206 valence electrons.